The lowest BCUT2D eigenvalue weighted by molar-refractivity contribution is 0.0946. The Hall–Kier alpha value is -2.41. The fraction of sp³-hybridized carbons (Fsp3) is 0.312. The molecule has 0 spiro atoms. The minimum atomic E-state index is -0.157. The van der Waals surface area contributed by atoms with Crippen LogP contribution in [0.15, 0.2) is 17.5 Å². The number of carbonyl (C=O) groups is 1. The highest BCUT2D eigenvalue weighted by Crippen LogP contribution is 2.25. The van der Waals surface area contributed by atoms with Gasteiger partial charge in [-0.25, -0.2) is 0 Å². The first-order valence-corrected chi connectivity index (χ1v) is 8.22. The van der Waals surface area contributed by atoms with E-state index in [-0.39, 0.29) is 5.91 Å². The van der Waals surface area contributed by atoms with E-state index >= 15 is 0 Å². The van der Waals surface area contributed by atoms with Crippen LogP contribution in [0.5, 0.6) is 0 Å². The molecule has 1 amide bonds. The van der Waals surface area contributed by atoms with Gasteiger partial charge in [0, 0.05) is 23.2 Å². The number of aromatic nitrogens is 4. The monoisotopic (exact) mass is 329 g/mol. The van der Waals surface area contributed by atoms with Crippen molar-refractivity contribution in [1.82, 2.24) is 25.3 Å². The zero-order valence-electron chi connectivity index (χ0n) is 13.6. The van der Waals surface area contributed by atoms with Crippen LogP contribution in [0.2, 0.25) is 0 Å². The summed E-state index contributed by atoms with van der Waals surface area (Å²) >= 11 is 1.64. The van der Waals surface area contributed by atoms with E-state index in [9.17, 15) is 4.79 Å². The highest BCUT2D eigenvalue weighted by Gasteiger charge is 2.17. The maximum Gasteiger partial charge on any atom is 0.269 e. The molecule has 0 aliphatic carbocycles. The first-order valence-electron chi connectivity index (χ1n) is 7.34. The third kappa shape index (κ3) is 2.92. The number of aryl methyl sites for hydroxylation is 3. The SMILES string of the molecule is Cc1ccsc1CNC(=O)c1cc(-c2c(C)nn(C)c2C)n[nH]1. The first-order chi connectivity index (χ1) is 11.0. The fourth-order valence-electron chi connectivity index (χ4n) is 2.55. The highest BCUT2D eigenvalue weighted by molar-refractivity contribution is 7.10. The number of thiophene rings is 1. The Bertz CT molecular complexity index is 858. The van der Waals surface area contributed by atoms with Gasteiger partial charge in [0.1, 0.15) is 5.69 Å². The molecule has 0 aliphatic heterocycles. The normalized spacial score (nSPS) is 11.0. The topological polar surface area (TPSA) is 75.6 Å². The minimum Gasteiger partial charge on any atom is -0.346 e. The molecule has 120 valence electrons. The predicted octanol–water partition coefficient (Wildman–Crippen LogP) is 2.73. The van der Waals surface area contributed by atoms with Crippen molar-refractivity contribution in [3.05, 3.63) is 45.0 Å². The molecule has 0 aromatic carbocycles. The average Bonchev–Trinajstić information content (AvgIpc) is 3.19. The molecule has 0 saturated heterocycles. The molecule has 3 rings (SSSR count). The molecule has 3 heterocycles. The fourth-order valence-corrected chi connectivity index (χ4v) is 3.40. The van der Waals surface area contributed by atoms with Gasteiger partial charge < -0.3 is 5.32 Å². The lowest BCUT2D eigenvalue weighted by Gasteiger charge is -2.02. The third-order valence-corrected chi connectivity index (χ3v) is 4.99. The number of hydrogen-bond acceptors (Lipinski definition) is 4. The lowest BCUT2D eigenvalue weighted by Crippen LogP contribution is -2.22. The van der Waals surface area contributed by atoms with Gasteiger partial charge in [-0.15, -0.1) is 11.3 Å². The molecule has 2 N–H and O–H groups in total. The van der Waals surface area contributed by atoms with Gasteiger partial charge in [0.2, 0.25) is 0 Å². The van der Waals surface area contributed by atoms with Crippen LogP contribution in [0, 0.1) is 20.8 Å². The standard InChI is InChI=1S/C16H19N5OS/c1-9-5-6-23-14(9)8-17-16(22)13-7-12(18-19-13)15-10(2)20-21(4)11(15)3/h5-7H,8H2,1-4H3,(H,17,22)(H,18,19). The summed E-state index contributed by atoms with van der Waals surface area (Å²) in [5, 5.41) is 16.4. The van der Waals surface area contributed by atoms with Gasteiger partial charge in [-0.05, 0) is 43.8 Å². The Morgan fingerprint density at radius 3 is 2.78 bits per heavy atom. The second-order valence-corrected chi connectivity index (χ2v) is 6.55. The van der Waals surface area contributed by atoms with Gasteiger partial charge in [-0.3, -0.25) is 14.6 Å². The van der Waals surface area contributed by atoms with Crippen LogP contribution in [0.1, 0.15) is 32.3 Å². The van der Waals surface area contributed by atoms with Gasteiger partial charge in [-0.1, -0.05) is 0 Å². The summed E-state index contributed by atoms with van der Waals surface area (Å²) in [5.41, 5.74) is 5.29. The van der Waals surface area contributed by atoms with Crippen molar-refractivity contribution in [2.45, 2.75) is 27.3 Å². The van der Waals surface area contributed by atoms with E-state index in [2.05, 4.69) is 26.7 Å². The number of rotatable bonds is 4. The highest BCUT2D eigenvalue weighted by atomic mass is 32.1. The van der Waals surface area contributed by atoms with Crippen LogP contribution in [-0.2, 0) is 13.6 Å². The zero-order valence-corrected chi connectivity index (χ0v) is 14.4. The maximum atomic E-state index is 12.3. The molecule has 0 aliphatic rings. The van der Waals surface area contributed by atoms with Crippen molar-refractivity contribution < 1.29 is 4.79 Å². The van der Waals surface area contributed by atoms with Crippen LogP contribution in [0.4, 0.5) is 0 Å². The van der Waals surface area contributed by atoms with Crippen molar-refractivity contribution in [1.29, 1.82) is 0 Å². The summed E-state index contributed by atoms with van der Waals surface area (Å²) in [6.07, 6.45) is 0. The minimum absolute atomic E-state index is 0.157. The van der Waals surface area contributed by atoms with E-state index in [1.165, 1.54) is 5.56 Å². The molecule has 3 aromatic rings. The Morgan fingerprint density at radius 2 is 2.17 bits per heavy atom. The third-order valence-electron chi connectivity index (χ3n) is 3.97. The van der Waals surface area contributed by atoms with E-state index in [0.29, 0.717) is 12.2 Å². The molecule has 7 heteroatoms. The van der Waals surface area contributed by atoms with Crippen molar-refractivity contribution >= 4 is 17.2 Å². The Balaban J connectivity index is 1.76. The molecule has 0 atom stereocenters. The second-order valence-electron chi connectivity index (χ2n) is 5.55. The molecule has 3 aromatic heterocycles. The summed E-state index contributed by atoms with van der Waals surface area (Å²) in [6.45, 7) is 6.50. The quantitative estimate of drug-likeness (QED) is 0.773. The smallest absolute Gasteiger partial charge is 0.269 e. The zero-order chi connectivity index (χ0) is 16.6. The number of amides is 1. The van der Waals surface area contributed by atoms with Gasteiger partial charge >= 0.3 is 0 Å². The van der Waals surface area contributed by atoms with Gasteiger partial charge in [0.25, 0.3) is 5.91 Å². The molecule has 6 nitrogen and oxygen atoms in total. The molecular formula is C16H19N5OS. The van der Waals surface area contributed by atoms with Gasteiger partial charge in [0.05, 0.1) is 17.9 Å². The molecular weight excluding hydrogens is 310 g/mol. The Kier molecular flexibility index (Phi) is 4.04. The molecule has 0 unspecified atom stereocenters. The van der Waals surface area contributed by atoms with E-state index in [1.807, 2.05) is 37.9 Å². The lowest BCUT2D eigenvalue weighted by atomic mass is 10.1. The van der Waals surface area contributed by atoms with E-state index in [1.54, 1.807) is 17.4 Å². The molecule has 0 fully saturated rings. The maximum absolute atomic E-state index is 12.3. The Morgan fingerprint density at radius 1 is 1.39 bits per heavy atom. The second kappa shape index (κ2) is 6.00. The summed E-state index contributed by atoms with van der Waals surface area (Å²) in [5.74, 6) is -0.157. The summed E-state index contributed by atoms with van der Waals surface area (Å²) in [4.78, 5) is 13.4. The van der Waals surface area contributed by atoms with Gasteiger partial charge in [-0.2, -0.15) is 10.2 Å². The van der Waals surface area contributed by atoms with Crippen LogP contribution in [0.3, 0.4) is 0 Å². The van der Waals surface area contributed by atoms with E-state index in [0.717, 1.165) is 27.5 Å². The van der Waals surface area contributed by atoms with Crippen LogP contribution < -0.4 is 5.32 Å². The Labute approximate surface area is 138 Å². The molecule has 0 saturated carbocycles. The van der Waals surface area contributed by atoms with Crippen molar-refractivity contribution in [3.8, 4) is 11.3 Å². The van der Waals surface area contributed by atoms with Gasteiger partial charge in [0.15, 0.2) is 0 Å². The van der Waals surface area contributed by atoms with Crippen molar-refractivity contribution in [2.24, 2.45) is 7.05 Å². The average molecular weight is 329 g/mol. The number of nitrogens with zero attached hydrogens (tertiary/aromatic N) is 3. The number of nitrogens with one attached hydrogen (secondary N) is 2. The number of H-pyrrole nitrogens is 1. The largest absolute Gasteiger partial charge is 0.346 e. The summed E-state index contributed by atoms with van der Waals surface area (Å²) in [6, 6.07) is 3.82. The van der Waals surface area contributed by atoms with Crippen LogP contribution >= 0.6 is 11.3 Å². The van der Waals surface area contributed by atoms with Crippen molar-refractivity contribution in [2.75, 3.05) is 0 Å². The molecule has 23 heavy (non-hydrogen) atoms. The van der Waals surface area contributed by atoms with Crippen molar-refractivity contribution in [3.63, 3.8) is 0 Å². The van der Waals surface area contributed by atoms with Crippen LogP contribution in [0.25, 0.3) is 11.3 Å². The summed E-state index contributed by atoms with van der Waals surface area (Å²) < 4.78 is 1.82. The van der Waals surface area contributed by atoms with E-state index < -0.39 is 0 Å². The molecule has 0 bridgehead atoms. The number of carbonyl (C=O) groups excluding carboxylic acids is 1. The predicted molar refractivity (Wildman–Crippen MR) is 90.5 cm³/mol. The summed E-state index contributed by atoms with van der Waals surface area (Å²) in [7, 11) is 1.90. The molecule has 0 radical (unpaired) electrons. The number of hydrogen-bond donors (Lipinski definition) is 2. The van der Waals surface area contributed by atoms with Crippen LogP contribution in [-0.4, -0.2) is 25.9 Å². The van der Waals surface area contributed by atoms with E-state index in [4.69, 9.17) is 0 Å². The number of aromatic amines is 1. The first kappa shape index (κ1) is 15.5.